The van der Waals surface area contributed by atoms with Gasteiger partial charge in [-0.15, -0.1) is 11.3 Å². The molecule has 4 rings (SSSR count). The molecule has 6 nitrogen and oxygen atoms in total. The summed E-state index contributed by atoms with van der Waals surface area (Å²) in [5.41, 5.74) is 0.166. The van der Waals surface area contributed by atoms with Gasteiger partial charge in [0, 0.05) is 16.6 Å². The van der Waals surface area contributed by atoms with Crippen molar-refractivity contribution < 1.29 is 18.0 Å². The van der Waals surface area contributed by atoms with E-state index in [0.29, 0.717) is 11.3 Å². The molecule has 1 amide bonds. The minimum absolute atomic E-state index is 0.0546. The van der Waals surface area contributed by atoms with Crippen LogP contribution in [-0.4, -0.2) is 25.5 Å². The number of anilines is 1. The highest BCUT2D eigenvalue weighted by Crippen LogP contribution is 2.36. The van der Waals surface area contributed by atoms with Crippen LogP contribution < -0.4 is 5.32 Å². The van der Waals surface area contributed by atoms with E-state index in [4.69, 9.17) is 0 Å². The predicted octanol–water partition coefficient (Wildman–Crippen LogP) is 4.74. The predicted molar refractivity (Wildman–Crippen MR) is 103 cm³/mol. The molecule has 0 atom stereocenters. The standard InChI is InChI=1S/C19H14F3N5OS/c1-10-9-23-18(29-10)17(28)25-16-11(2)24-15-8-7-14(26-27(15)16)12-5-3-4-6-13(12)19(20,21)22/h3-9H,1-2H3,(H,25,28). The van der Waals surface area contributed by atoms with E-state index in [1.54, 1.807) is 19.2 Å². The number of thiazole rings is 1. The fourth-order valence-electron chi connectivity index (χ4n) is 2.91. The number of rotatable bonds is 3. The van der Waals surface area contributed by atoms with Crippen molar-refractivity contribution in [1.29, 1.82) is 0 Å². The molecule has 0 aliphatic rings. The number of hydrogen-bond acceptors (Lipinski definition) is 5. The molecule has 0 aliphatic carbocycles. The third-order valence-electron chi connectivity index (χ3n) is 4.21. The van der Waals surface area contributed by atoms with Crippen LogP contribution in [0.25, 0.3) is 16.9 Å². The van der Waals surface area contributed by atoms with Crippen molar-refractivity contribution in [2.75, 3.05) is 5.32 Å². The van der Waals surface area contributed by atoms with Crippen LogP contribution >= 0.6 is 11.3 Å². The third-order valence-corrected chi connectivity index (χ3v) is 5.12. The summed E-state index contributed by atoms with van der Waals surface area (Å²) in [5, 5.41) is 7.30. The van der Waals surface area contributed by atoms with E-state index >= 15 is 0 Å². The van der Waals surface area contributed by atoms with E-state index in [-0.39, 0.29) is 22.1 Å². The highest BCUT2D eigenvalue weighted by atomic mass is 32.1. The Balaban J connectivity index is 1.79. The SMILES string of the molecule is Cc1cnc(C(=O)Nc2c(C)nc3ccc(-c4ccccc4C(F)(F)F)nn23)s1. The van der Waals surface area contributed by atoms with Gasteiger partial charge in [0.15, 0.2) is 16.5 Å². The summed E-state index contributed by atoms with van der Waals surface area (Å²) in [6, 6.07) is 8.25. The topological polar surface area (TPSA) is 72.2 Å². The fourth-order valence-corrected chi connectivity index (χ4v) is 3.56. The van der Waals surface area contributed by atoms with Gasteiger partial charge >= 0.3 is 6.18 Å². The zero-order chi connectivity index (χ0) is 20.8. The first-order valence-electron chi connectivity index (χ1n) is 8.51. The van der Waals surface area contributed by atoms with Gasteiger partial charge in [-0.25, -0.2) is 9.97 Å². The molecule has 3 heterocycles. The maximum Gasteiger partial charge on any atom is 0.417 e. The highest BCUT2D eigenvalue weighted by Gasteiger charge is 2.33. The Hall–Kier alpha value is -3.27. The van der Waals surface area contributed by atoms with E-state index < -0.39 is 17.6 Å². The van der Waals surface area contributed by atoms with Crippen molar-refractivity contribution in [3.05, 3.63) is 63.7 Å². The molecule has 0 radical (unpaired) electrons. The Kier molecular flexibility index (Phi) is 4.58. The van der Waals surface area contributed by atoms with Crippen molar-refractivity contribution in [3.8, 4) is 11.3 Å². The first kappa shape index (κ1) is 19.1. The van der Waals surface area contributed by atoms with E-state index in [2.05, 4.69) is 20.4 Å². The van der Waals surface area contributed by atoms with E-state index in [1.807, 2.05) is 6.92 Å². The van der Waals surface area contributed by atoms with E-state index in [1.165, 1.54) is 40.1 Å². The molecule has 0 saturated heterocycles. The minimum Gasteiger partial charge on any atom is -0.303 e. The highest BCUT2D eigenvalue weighted by molar-refractivity contribution is 7.13. The number of fused-ring (bicyclic) bond motifs is 1. The molecular formula is C19H14F3N5OS. The second kappa shape index (κ2) is 6.96. The minimum atomic E-state index is -4.52. The summed E-state index contributed by atoms with van der Waals surface area (Å²) in [7, 11) is 0. The lowest BCUT2D eigenvalue weighted by molar-refractivity contribution is -0.137. The molecule has 0 bridgehead atoms. The maximum absolute atomic E-state index is 13.4. The van der Waals surface area contributed by atoms with Crippen LogP contribution in [-0.2, 0) is 6.18 Å². The molecule has 0 aliphatic heterocycles. The molecular weight excluding hydrogens is 403 g/mol. The number of hydrogen-bond donors (Lipinski definition) is 1. The number of imidazole rings is 1. The first-order valence-corrected chi connectivity index (χ1v) is 9.32. The molecule has 10 heteroatoms. The lowest BCUT2D eigenvalue weighted by Crippen LogP contribution is -2.15. The summed E-state index contributed by atoms with van der Waals surface area (Å²) >= 11 is 1.24. The second-order valence-corrected chi connectivity index (χ2v) is 7.54. The number of nitrogens with one attached hydrogen (secondary N) is 1. The average Bonchev–Trinajstić information content (AvgIpc) is 3.24. The monoisotopic (exact) mass is 417 g/mol. The number of aromatic nitrogens is 4. The van der Waals surface area contributed by atoms with Gasteiger partial charge in [-0.2, -0.15) is 22.8 Å². The van der Waals surface area contributed by atoms with Crippen molar-refractivity contribution >= 4 is 28.7 Å². The first-order chi connectivity index (χ1) is 13.7. The van der Waals surface area contributed by atoms with E-state index in [9.17, 15) is 18.0 Å². The molecule has 1 aromatic carbocycles. The third kappa shape index (κ3) is 3.58. The molecule has 4 aromatic rings. The number of amides is 1. The Morgan fingerprint density at radius 1 is 1.14 bits per heavy atom. The zero-order valence-electron chi connectivity index (χ0n) is 15.3. The van der Waals surface area contributed by atoms with Crippen molar-refractivity contribution in [2.24, 2.45) is 0 Å². The molecule has 0 unspecified atom stereocenters. The van der Waals surface area contributed by atoms with Crippen LogP contribution in [0.3, 0.4) is 0 Å². The lowest BCUT2D eigenvalue weighted by atomic mass is 10.0. The fraction of sp³-hybridized carbons (Fsp3) is 0.158. The van der Waals surface area contributed by atoms with Gasteiger partial charge < -0.3 is 5.32 Å². The second-order valence-electron chi connectivity index (χ2n) is 6.31. The van der Waals surface area contributed by atoms with Crippen LogP contribution in [0.15, 0.2) is 42.6 Å². The molecule has 3 aromatic heterocycles. The van der Waals surface area contributed by atoms with Gasteiger partial charge in [-0.05, 0) is 32.0 Å². The number of nitrogens with zero attached hydrogens (tertiary/aromatic N) is 4. The average molecular weight is 417 g/mol. The molecule has 1 N–H and O–H groups in total. The molecule has 0 saturated carbocycles. The normalized spacial score (nSPS) is 11.8. The number of aryl methyl sites for hydroxylation is 2. The van der Waals surface area contributed by atoms with Crippen LogP contribution in [0, 0.1) is 13.8 Å². The van der Waals surface area contributed by atoms with Crippen LogP contribution in [0.2, 0.25) is 0 Å². The van der Waals surface area contributed by atoms with Crippen LogP contribution in [0.4, 0.5) is 19.0 Å². The molecule has 148 valence electrons. The Morgan fingerprint density at radius 2 is 1.90 bits per heavy atom. The van der Waals surface area contributed by atoms with Gasteiger partial charge in [0.05, 0.1) is 17.0 Å². The van der Waals surface area contributed by atoms with Gasteiger partial charge in [-0.1, -0.05) is 18.2 Å². The zero-order valence-corrected chi connectivity index (χ0v) is 16.1. The lowest BCUT2D eigenvalue weighted by Gasteiger charge is -2.12. The summed E-state index contributed by atoms with van der Waals surface area (Å²) in [4.78, 5) is 21.7. The summed E-state index contributed by atoms with van der Waals surface area (Å²) < 4.78 is 41.5. The van der Waals surface area contributed by atoms with Gasteiger partial charge in [0.2, 0.25) is 0 Å². The number of carbonyl (C=O) groups excluding carboxylic acids is 1. The van der Waals surface area contributed by atoms with Crippen molar-refractivity contribution in [1.82, 2.24) is 19.6 Å². The summed E-state index contributed by atoms with van der Waals surface area (Å²) in [6.45, 7) is 3.51. The smallest absolute Gasteiger partial charge is 0.303 e. The number of halogens is 3. The number of alkyl halides is 3. The van der Waals surface area contributed by atoms with Crippen molar-refractivity contribution in [2.45, 2.75) is 20.0 Å². The largest absolute Gasteiger partial charge is 0.417 e. The van der Waals surface area contributed by atoms with Gasteiger partial charge in [-0.3, -0.25) is 4.79 Å². The quantitative estimate of drug-likeness (QED) is 0.523. The Bertz CT molecular complexity index is 1230. The van der Waals surface area contributed by atoms with Crippen molar-refractivity contribution in [3.63, 3.8) is 0 Å². The number of carbonyl (C=O) groups is 1. The molecule has 29 heavy (non-hydrogen) atoms. The Labute approximate surface area is 167 Å². The Morgan fingerprint density at radius 3 is 2.59 bits per heavy atom. The van der Waals surface area contributed by atoms with Crippen LogP contribution in [0.5, 0.6) is 0 Å². The molecule has 0 fully saturated rings. The van der Waals surface area contributed by atoms with E-state index in [0.717, 1.165) is 10.9 Å². The number of benzene rings is 1. The van der Waals surface area contributed by atoms with Crippen LogP contribution in [0.1, 0.15) is 25.9 Å². The maximum atomic E-state index is 13.4. The molecule has 0 spiro atoms. The van der Waals surface area contributed by atoms with Gasteiger partial charge in [0.25, 0.3) is 5.91 Å². The summed E-state index contributed by atoms with van der Waals surface area (Å²) in [5.74, 6) is -0.153. The van der Waals surface area contributed by atoms with Gasteiger partial charge in [0.1, 0.15) is 0 Å². The summed E-state index contributed by atoms with van der Waals surface area (Å²) in [6.07, 6.45) is -2.93.